The van der Waals surface area contributed by atoms with Crippen LogP contribution in [0.15, 0.2) is 17.0 Å². The van der Waals surface area contributed by atoms with Gasteiger partial charge in [0.1, 0.15) is 9.92 Å². The van der Waals surface area contributed by atoms with E-state index in [0.29, 0.717) is 0 Å². The topological polar surface area (TPSA) is 124 Å². The molecule has 0 fully saturated rings. The summed E-state index contributed by atoms with van der Waals surface area (Å²) < 4.78 is 22.6. The van der Waals surface area contributed by atoms with Gasteiger partial charge in [-0.2, -0.15) is 0 Å². The number of amides is 1. The van der Waals surface area contributed by atoms with Crippen molar-refractivity contribution in [3.05, 3.63) is 32.8 Å². The van der Waals surface area contributed by atoms with Crippen molar-refractivity contribution in [2.45, 2.75) is 4.90 Å². The number of hydrogen-bond acceptors (Lipinski definition) is 5. The van der Waals surface area contributed by atoms with Crippen molar-refractivity contribution in [2.24, 2.45) is 5.14 Å². The second-order valence-electron chi connectivity index (χ2n) is 3.81. The quantitative estimate of drug-likeness (QED) is 0.646. The molecule has 0 aromatic heterocycles. The largest absolute Gasteiger partial charge is 0.345 e. The summed E-state index contributed by atoms with van der Waals surface area (Å²) in [7, 11) is -1.45. The van der Waals surface area contributed by atoms with E-state index in [-0.39, 0.29) is 5.56 Å². The number of halogens is 1. The van der Waals surface area contributed by atoms with Crippen LogP contribution in [0.2, 0.25) is 5.02 Å². The van der Waals surface area contributed by atoms with E-state index in [9.17, 15) is 23.3 Å². The van der Waals surface area contributed by atoms with Gasteiger partial charge in [-0.3, -0.25) is 14.9 Å². The number of nitrogens with zero attached hydrogens (tertiary/aromatic N) is 2. The van der Waals surface area contributed by atoms with Crippen LogP contribution >= 0.6 is 11.6 Å². The van der Waals surface area contributed by atoms with Gasteiger partial charge in [-0.1, -0.05) is 11.6 Å². The molecule has 0 atom stereocenters. The maximum atomic E-state index is 11.7. The molecular formula is C9H10ClN3O5S. The SMILES string of the molecule is CN(C)C(=O)c1cc([N+](=O)[O-])c(Cl)c(S(N)(=O)=O)c1. The summed E-state index contributed by atoms with van der Waals surface area (Å²) in [5.41, 5.74) is -0.886. The smallest absolute Gasteiger partial charge is 0.290 e. The van der Waals surface area contributed by atoms with Crippen molar-refractivity contribution in [1.82, 2.24) is 4.90 Å². The summed E-state index contributed by atoms with van der Waals surface area (Å²) in [6, 6.07) is 1.81. The molecular weight excluding hydrogens is 298 g/mol. The number of carbonyl (C=O) groups excluding carboxylic acids is 1. The van der Waals surface area contributed by atoms with Crippen LogP contribution in [0.4, 0.5) is 5.69 Å². The molecule has 104 valence electrons. The van der Waals surface area contributed by atoms with Gasteiger partial charge in [0.25, 0.3) is 11.6 Å². The fourth-order valence-corrected chi connectivity index (χ4v) is 2.45. The van der Waals surface area contributed by atoms with E-state index in [1.54, 1.807) is 0 Å². The second kappa shape index (κ2) is 5.11. The monoisotopic (exact) mass is 307 g/mol. The first-order chi connectivity index (χ1) is 8.55. The highest BCUT2D eigenvalue weighted by atomic mass is 35.5. The lowest BCUT2D eigenvalue weighted by Gasteiger charge is -2.11. The third-order valence-electron chi connectivity index (χ3n) is 2.18. The fraction of sp³-hybridized carbons (Fsp3) is 0.222. The normalized spacial score (nSPS) is 11.2. The Kier molecular flexibility index (Phi) is 4.13. The Hall–Kier alpha value is -1.71. The highest BCUT2D eigenvalue weighted by Gasteiger charge is 2.26. The summed E-state index contributed by atoms with van der Waals surface area (Å²) in [4.78, 5) is 22.1. The van der Waals surface area contributed by atoms with Crippen LogP contribution in [0.3, 0.4) is 0 Å². The van der Waals surface area contributed by atoms with Gasteiger partial charge in [0.15, 0.2) is 0 Å². The number of sulfonamides is 1. The van der Waals surface area contributed by atoms with E-state index in [2.05, 4.69) is 0 Å². The maximum absolute atomic E-state index is 11.7. The average Bonchev–Trinajstić information content (AvgIpc) is 2.26. The average molecular weight is 308 g/mol. The molecule has 0 heterocycles. The molecule has 0 saturated carbocycles. The van der Waals surface area contributed by atoms with E-state index in [4.69, 9.17) is 16.7 Å². The summed E-state index contributed by atoms with van der Waals surface area (Å²) in [6.45, 7) is 0. The zero-order chi connectivity index (χ0) is 15.0. The zero-order valence-corrected chi connectivity index (χ0v) is 11.5. The van der Waals surface area contributed by atoms with Crippen molar-refractivity contribution in [2.75, 3.05) is 14.1 Å². The Balaban J connectivity index is 3.68. The number of rotatable bonds is 3. The van der Waals surface area contributed by atoms with E-state index >= 15 is 0 Å². The molecule has 1 amide bonds. The fourth-order valence-electron chi connectivity index (χ4n) is 1.30. The first kappa shape index (κ1) is 15.3. The lowest BCUT2D eigenvalue weighted by Crippen LogP contribution is -2.23. The van der Waals surface area contributed by atoms with Crippen molar-refractivity contribution < 1.29 is 18.1 Å². The Bertz CT molecular complexity index is 656. The standard InChI is InChI=1S/C9H10ClN3O5S/c1-12(2)9(14)5-3-6(13(15)16)8(10)7(4-5)19(11,17)18/h3-4H,1-2H3,(H2,11,17,18). The van der Waals surface area contributed by atoms with Crippen molar-refractivity contribution in [3.8, 4) is 0 Å². The van der Waals surface area contributed by atoms with E-state index < -0.39 is 36.5 Å². The number of nitro benzene ring substituents is 1. The molecule has 1 aromatic carbocycles. The minimum atomic E-state index is -4.28. The number of hydrogen-bond donors (Lipinski definition) is 1. The number of nitrogens with two attached hydrogens (primary N) is 1. The summed E-state index contributed by atoms with van der Waals surface area (Å²) in [5.74, 6) is -0.607. The molecule has 0 saturated heterocycles. The minimum absolute atomic E-state index is 0.190. The highest BCUT2D eigenvalue weighted by molar-refractivity contribution is 7.89. The predicted octanol–water partition coefficient (Wildman–Crippen LogP) is 0.597. The van der Waals surface area contributed by atoms with Crippen molar-refractivity contribution in [3.63, 3.8) is 0 Å². The highest BCUT2D eigenvalue weighted by Crippen LogP contribution is 2.32. The molecule has 0 unspecified atom stereocenters. The molecule has 1 rings (SSSR count). The number of carbonyl (C=O) groups is 1. The van der Waals surface area contributed by atoms with Gasteiger partial charge < -0.3 is 4.90 Å². The molecule has 0 bridgehead atoms. The Morgan fingerprint density at radius 2 is 1.95 bits per heavy atom. The van der Waals surface area contributed by atoms with Gasteiger partial charge in [0.2, 0.25) is 10.0 Å². The summed E-state index contributed by atoms with van der Waals surface area (Å²) in [6.07, 6.45) is 0. The van der Waals surface area contributed by atoms with Crippen LogP contribution in [-0.4, -0.2) is 38.2 Å². The first-order valence-electron chi connectivity index (χ1n) is 4.78. The van der Waals surface area contributed by atoms with Gasteiger partial charge in [-0.25, -0.2) is 13.6 Å². The van der Waals surface area contributed by atoms with Crippen LogP contribution in [0, 0.1) is 10.1 Å². The Labute approximate surface area is 114 Å². The molecule has 8 nitrogen and oxygen atoms in total. The van der Waals surface area contributed by atoms with Crippen LogP contribution in [0.25, 0.3) is 0 Å². The molecule has 0 aliphatic rings. The number of benzene rings is 1. The maximum Gasteiger partial charge on any atom is 0.290 e. The van der Waals surface area contributed by atoms with Gasteiger partial charge in [0.05, 0.1) is 4.92 Å². The summed E-state index contributed by atoms with van der Waals surface area (Å²) >= 11 is 5.62. The van der Waals surface area contributed by atoms with Gasteiger partial charge in [0, 0.05) is 25.7 Å². The Morgan fingerprint density at radius 1 is 1.42 bits per heavy atom. The second-order valence-corrected chi connectivity index (χ2v) is 5.72. The molecule has 0 spiro atoms. The molecule has 0 aliphatic heterocycles. The molecule has 0 aliphatic carbocycles. The molecule has 0 radical (unpaired) electrons. The van der Waals surface area contributed by atoms with Gasteiger partial charge in [-0.05, 0) is 6.07 Å². The van der Waals surface area contributed by atoms with Crippen LogP contribution in [0.5, 0.6) is 0 Å². The van der Waals surface area contributed by atoms with Gasteiger partial charge in [-0.15, -0.1) is 0 Å². The third-order valence-corrected chi connectivity index (χ3v) is 3.62. The molecule has 2 N–H and O–H groups in total. The van der Waals surface area contributed by atoms with E-state index in [1.807, 2.05) is 0 Å². The predicted molar refractivity (Wildman–Crippen MR) is 67.5 cm³/mol. The summed E-state index contributed by atoms with van der Waals surface area (Å²) in [5, 5.41) is 15.1. The lowest BCUT2D eigenvalue weighted by atomic mass is 10.2. The van der Waals surface area contributed by atoms with Gasteiger partial charge >= 0.3 is 0 Å². The van der Waals surface area contributed by atoms with Crippen molar-refractivity contribution in [1.29, 1.82) is 0 Å². The van der Waals surface area contributed by atoms with Crippen LogP contribution < -0.4 is 5.14 Å². The lowest BCUT2D eigenvalue weighted by molar-refractivity contribution is -0.384. The third kappa shape index (κ3) is 3.19. The number of primary sulfonamides is 1. The molecule has 1 aromatic rings. The van der Waals surface area contributed by atoms with Crippen LogP contribution in [0.1, 0.15) is 10.4 Å². The van der Waals surface area contributed by atoms with Crippen molar-refractivity contribution >= 4 is 33.2 Å². The minimum Gasteiger partial charge on any atom is -0.345 e. The first-order valence-corrected chi connectivity index (χ1v) is 6.70. The number of nitro groups is 1. The molecule has 19 heavy (non-hydrogen) atoms. The van der Waals surface area contributed by atoms with Crippen LogP contribution in [-0.2, 0) is 10.0 Å². The Morgan fingerprint density at radius 3 is 2.32 bits per heavy atom. The van der Waals surface area contributed by atoms with E-state index in [1.165, 1.54) is 14.1 Å². The molecule has 10 heteroatoms. The zero-order valence-electron chi connectivity index (χ0n) is 9.95. The van der Waals surface area contributed by atoms with E-state index in [0.717, 1.165) is 17.0 Å².